The summed E-state index contributed by atoms with van der Waals surface area (Å²) in [4.78, 5) is 0. The van der Waals surface area contributed by atoms with E-state index in [1.54, 1.807) is 0 Å². The average molecular weight is 180 g/mol. The Morgan fingerprint density at radius 2 is 2.00 bits per heavy atom. The van der Waals surface area contributed by atoms with Crippen LogP contribution in [0.3, 0.4) is 0 Å². The van der Waals surface area contributed by atoms with E-state index in [0.717, 1.165) is 16.7 Å². The van der Waals surface area contributed by atoms with Gasteiger partial charge in [-0.05, 0) is 19.4 Å². The summed E-state index contributed by atoms with van der Waals surface area (Å²) in [5.41, 5.74) is 13.9. The standard InChI is InChI=1S/C10H16N2O/c1-6-3-7(2)10(13)8(4-6)9(12)5-11/h3-4,9,13H,5,11-12H2,1-2H3/t9-/m0/s1. The highest BCUT2D eigenvalue weighted by Gasteiger charge is 2.11. The van der Waals surface area contributed by atoms with Gasteiger partial charge in [-0.1, -0.05) is 17.7 Å². The minimum atomic E-state index is -0.279. The Morgan fingerprint density at radius 3 is 2.54 bits per heavy atom. The van der Waals surface area contributed by atoms with Crippen LogP contribution in [0.25, 0.3) is 0 Å². The molecule has 0 aliphatic rings. The van der Waals surface area contributed by atoms with E-state index < -0.39 is 0 Å². The third-order valence-corrected chi connectivity index (χ3v) is 2.13. The molecule has 5 N–H and O–H groups in total. The number of benzene rings is 1. The molecule has 0 bridgehead atoms. The number of phenolic OH excluding ortho intramolecular Hbond substituents is 1. The molecule has 0 amide bonds. The number of phenols is 1. The van der Waals surface area contributed by atoms with Gasteiger partial charge < -0.3 is 16.6 Å². The van der Waals surface area contributed by atoms with Crippen LogP contribution in [-0.4, -0.2) is 11.7 Å². The maximum Gasteiger partial charge on any atom is 0.123 e. The molecule has 0 spiro atoms. The lowest BCUT2D eigenvalue weighted by atomic mass is 10.0. The van der Waals surface area contributed by atoms with Gasteiger partial charge in [0, 0.05) is 18.2 Å². The smallest absolute Gasteiger partial charge is 0.123 e. The fraction of sp³-hybridized carbons (Fsp3) is 0.400. The van der Waals surface area contributed by atoms with Gasteiger partial charge in [0.15, 0.2) is 0 Å². The van der Waals surface area contributed by atoms with Crippen LogP contribution in [0.15, 0.2) is 12.1 Å². The van der Waals surface area contributed by atoms with Crippen molar-refractivity contribution in [1.29, 1.82) is 0 Å². The molecule has 0 aliphatic heterocycles. The molecule has 0 saturated carbocycles. The quantitative estimate of drug-likeness (QED) is 0.635. The summed E-state index contributed by atoms with van der Waals surface area (Å²) in [5.74, 6) is 0.267. The van der Waals surface area contributed by atoms with Crippen LogP contribution in [0, 0.1) is 13.8 Å². The highest BCUT2D eigenvalue weighted by Crippen LogP contribution is 2.27. The molecule has 72 valence electrons. The largest absolute Gasteiger partial charge is 0.507 e. The monoisotopic (exact) mass is 180 g/mol. The van der Waals surface area contributed by atoms with E-state index in [1.807, 2.05) is 26.0 Å². The topological polar surface area (TPSA) is 72.3 Å². The van der Waals surface area contributed by atoms with E-state index in [2.05, 4.69) is 0 Å². The Balaban J connectivity index is 3.20. The van der Waals surface area contributed by atoms with Gasteiger partial charge in [0.25, 0.3) is 0 Å². The van der Waals surface area contributed by atoms with Crippen molar-refractivity contribution >= 4 is 0 Å². The number of aryl methyl sites for hydroxylation is 2. The summed E-state index contributed by atoms with van der Waals surface area (Å²) in [6.45, 7) is 4.17. The first-order valence-corrected chi connectivity index (χ1v) is 4.32. The Bertz CT molecular complexity index is 310. The summed E-state index contributed by atoms with van der Waals surface area (Å²) < 4.78 is 0. The summed E-state index contributed by atoms with van der Waals surface area (Å²) in [7, 11) is 0. The summed E-state index contributed by atoms with van der Waals surface area (Å²) in [6, 6.07) is 3.51. The van der Waals surface area contributed by atoms with Crippen LogP contribution in [0.1, 0.15) is 22.7 Å². The molecule has 1 rings (SSSR count). The number of hydrogen-bond acceptors (Lipinski definition) is 3. The molecule has 0 radical (unpaired) electrons. The highest BCUT2D eigenvalue weighted by atomic mass is 16.3. The van der Waals surface area contributed by atoms with Crippen molar-refractivity contribution < 1.29 is 5.11 Å². The van der Waals surface area contributed by atoms with E-state index in [4.69, 9.17) is 11.5 Å². The molecule has 0 heterocycles. The van der Waals surface area contributed by atoms with Gasteiger partial charge in [0.1, 0.15) is 5.75 Å². The number of rotatable bonds is 2. The maximum absolute atomic E-state index is 9.69. The van der Waals surface area contributed by atoms with Gasteiger partial charge in [0.05, 0.1) is 0 Å². The van der Waals surface area contributed by atoms with Crippen LogP contribution in [0.4, 0.5) is 0 Å². The van der Waals surface area contributed by atoms with Gasteiger partial charge >= 0.3 is 0 Å². The van der Waals surface area contributed by atoms with E-state index in [0.29, 0.717) is 6.54 Å². The van der Waals surface area contributed by atoms with Crippen molar-refractivity contribution in [2.45, 2.75) is 19.9 Å². The van der Waals surface area contributed by atoms with Crippen LogP contribution in [-0.2, 0) is 0 Å². The van der Waals surface area contributed by atoms with Crippen molar-refractivity contribution in [3.63, 3.8) is 0 Å². The molecule has 3 heteroatoms. The van der Waals surface area contributed by atoms with E-state index in [9.17, 15) is 5.11 Å². The third kappa shape index (κ3) is 1.99. The fourth-order valence-corrected chi connectivity index (χ4v) is 1.40. The van der Waals surface area contributed by atoms with Crippen LogP contribution < -0.4 is 11.5 Å². The lowest BCUT2D eigenvalue weighted by Crippen LogP contribution is -2.21. The Hall–Kier alpha value is -1.06. The second-order valence-corrected chi connectivity index (χ2v) is 3.36. The first-order valence-electron chi connectivity index (χ1n) is 4.32. The molecule has 1 aromatic rings. The summed E-state index contributed by atoms with van der Waals surface area (Å²) in [6.07, 6.45) is 0. The lowest BCUT2D eigenvalue weighted by molar-refractivity contribution is 0.457. The van der Waals surface area contributed by atoms with E-state index in [1.165, 1.54) is 0 Å². The maximum atomic E-state index is 9.69. The minimum absolute atomic E-state index is 0.267. The first-order chi connectivity index (χ1) is 6.06. The summed E-state index contributed by atoms with van der Waals surface area (Å²) >= 11 is 0. The van der Waals surface area contributed by atoms with Gasteiger partial charge in [-0.25, -0.2) is 0 Å². The zero-order valence-corrected chi connectivity index (χ0v) is 8.04. The molecular weight excluding hydrogens is 164 g/mol. The van der Waals surface area contributed by atoms with Crippen LogP contribution >= 0.6 is 0 Å². The molecule has 13 heavy (non-hydrogen) atoms. The van der Waals surface area contributed by atoms with E-state index in [-0.39, 0.29) is 11.8 Å². The Kier molecular flexibility index (Phi) is 2.90. The fourth-order valence-electron chi connectivity index (χ4n) is 1.40. The SMILES string of the molecule is Cc1cc(C)c(O)c([C@@H](N)CN)c1. The zero-order valence-electron chi connectivity index (χ0n) is 8.04. The molecule has 0 unspecified atom stereocenters. The van der Waals surface area contributed by atoms with Crippen LogP contribution in [0.2, 0.25) is 0 Å². The van der Waals surface area contributed by atoms with Gasteiger partial charge in [-0.15, -0.1) is 0 Å². The number of hydrogen-bond donors (Lipinski definition) is 3. The van der Waals surface area contributed by atoms with Crippen LogP contribution in [0.5, 0.6) is 5.75 Å². The van der Waals surface area contributed by atoms with Gasteiger partial charge in [0.2, 0.25) is 0 Å². The zero-order chi connectivity index (χ0) is 10.0. The molecule has 0 aliphatic carbocycles. The molecule has 0 aromatic heterocycles. The van der Waals surface area contributed by atoms with E-state index >= 15 is 0 Å². The second kappa shape index (κ2) is 3.77. The highest BCUT2D eigenvalue weighted by molar-refractivity contribution is 5.44. The summed E-state index contributed by atoms with van der Waals surface area (Å²) in [5, 5.41) is 9.69. The Morgan fingerprint density at radius 1 is 1.38 bits per heavy atom. The van der Waals surface area contributed by atoms with Gasteiger partial charge in [-0.3, -0.25) is 0 Å². The number of nitrogens with two attached hydrogens (primary N) is 2. The number of aromatic hydroxyl groups is 1. The Labute approximate surface area is 78.4 Å². The lowest BCUT2D eigenvalue weighted by Gasteiger charge is -2.13. The molecular formula is C10H16N2O. The van der Waals surface area contributed by atoms with Gasteiger partial charge in [-0.2, -0.15) is 0 Å². The molecule has 3 nitrogen and oxygen atoms in total. The predicted molar refractivity (Wildman–Crippen MR) is 53.6 cm³/mol. The van der Waals surface area contributed by atoms with Crippen molar-refractivity contribution in [2.75, 3.05) is 6.54 Å². The second-order valence-electron chi connectivity index (χ2n) is 3.36. The normalized spacial score (nSPS) is 12.9. The van der Waals surface area contributed by atoms with Crippen molar-refractivity contribution in [3.05, 3.63) is 28.8 Å². The van der Waals surface area contributed by atoms with Crippen molar-refractivity contribution in [3.8, 4) is 5.75 Å². The minimum Gasteiger partial charge on any atom is -0.507 e. The van der Waals surface area contributed by atoms with Crippen molar-refractivity contribution in [2.24, 2.45) is 11.5 Å². The molecule has 1 aromatic carbocycles. The molecule has 1 atom stereocenters. The molecule has 0 fully saturated rings. The first kappa shape index (κ1) is 10.0. The van der Waals surface area contributed by atoms with Crippen molar-refractivity contribution in [1.82, 2.24) is 0 Å². The average Bonchev–Trinajstić information content (AvgIpc) is 2.10. The predicted octanol–water partition coefficient (Wildman–Crippen LogP) is 0.968. The molecule has 0 saturated heterocycles. The third-order valence-electron chi connectivity index (χ3n) is 2.13.